The predicted octanol–water partition coefficient (Wildman–Crippen LogP) is 0.724. The molecule has 2 N–H and O–H groups in total. The molecular formula is C16H18N2O5. The third-order valence-corrected chi connectivity index (χ3v) is 3.67. The number of amides is 3. The lowest BCUT2D eigenvalue weighted by molar-refractivity contribution is -0.158. The zero-order valence-electron chi connectivity index (χ0n) is 13.1. The van der Waals surface area contributed by atoms with Gasteiger partial charge in [0.1, 0.15) is 6.04 Å². The summed E-state index contributed by atoms with van der Waals surface area (Å²) in [5.41, 5.74) is 5.57. The quantitative estimate of drug-likeness (QED) is 0.636. The molecule has 0 aromatic heterocycles. The smallest absolute Gasteiger partial charge is 0.330 e. The van der Waals surface area contributed by atoms with Crippen molar-refractivity contribution in [2.24, 2.45) is 11.7 Å². The lowest BCUT2D eigenvalue weighted by atomic mass is 10.0. The number of imide groups is 1. The molecule has 7 nitrogen and oxygen atoms in total. The van der Waals surface area contributed by atoms with Gasteiger partial charge in [-0.2, -0.15) is 0 Å². The standard InChI is InChI=1S/C16H18N2O5/c1-8(2)12(16(22)23-9(3)13(17)19)18-14(20)10-6-4-5-7-11(10)15(18)21/h4-9,12H,1-3H3,(H2,17,19)/t9-,12-/m1/s1. The molecule has 0 fully saturated rings. The maximum atomic E-state index is 12.5. The Morgan fingerprint density at radius 3 is 1.91 bits per heavy atom. The highest BCUT2D eigenvalue weighted by atomic mass is 16.5. The molecule has 1 aliphatic rings. The van der Waals surface area contributed by atoms with Crippen LogP contribution in [0.4, 0.5) is 0 Å². The summed E-state index contributed by atoms with van der Waals surface area (Å²) in [5.74, 6) is -3.12. The number of ether oxygens (including phenoxy) is 1. The molecular weight excluding hydrogens is 300 g/mol. The van der Waals surface area contributed by atoms with E-state index in [1.54, 1.807) is 26.0 Å². The number of carbonyl (C=O) groups is 4. The van der Waals surface area contributed by atoms with Crippen LogP contribution in [0.1, 0.15) is 41.5 Å². The van der Waals surface area contributed by atoms with Crippen molar-refractivity contribution in [2.75, 3.05) is 0 Å². The Hall–Kier alpha value is -2.70. The van der Waals surface area contributed by atoms with E-state index < -0.39 is 35.8 Å². The fraction of sp³-hybridized carbons (Fsp3) is 0.375. The van der Waals surface area contributed by atoms with Crippen molar-refractivity contribution < 1.29 is 23.9 Å². The van der Waals surface area contributed by atoms with Gasteiger partial charge in [-0.3, -0.25) is 19.3 Å². The van der Waals surface area contributed by atoms with Crippen molar-refractivity contribution in [1.82, 2.24) is 4.90 Å². The van der Waals surface area contributed by atoms with E-state index in [0.29, 0.717) is 0 Å². The second-order valence-corrected chi connectivity index (χ2v) is 5.70. The fourth-order valence-corrected chi connectivity index (χ4v) is 2.44. The first-order valence-electron chi connectivity index (χ1n) is 7.22. The Labute approximate surface area is 133 Å². The van der Waals surface area contributed by atoms with E-state index in [-0.39, 0.29) is 17.0 Å². The van der Waals surface area contributed by atoms with Gasteiger partial charge in [-0.25, -0.2) is 4.79 Å². The maximum Gasteiger partial charge on any atom is 0.330 e. The van der Waals surface area contributed by atoms with Gasteiger partial charge in [0.05, 0.1) is 11.1 Å². The average molecular weight is 318 g/mol. The molecule has 122 valence electrons. The van der Waals surface area contributed by atoms with E-state index in [0.717, 1.165) is 4.90 Å². The zero-order chi connectivity index (χ0) is 17.3. The van der Waals surface area contributed by atoms with Crippen LogP contribution in [0.5, 0.6) is 0 Å². The minimum absolute atomic E-state index is 0.249. The lowest BCUT2D eigenvalue weighted by Gasteiger charge is -2.28. The second kappa shape index (κ2) is 6.20. The Balaban J connectivity index is 2.33. The molecule has 0 aliphatic carbocycles. The van der Waals surface area contributed by atoms with Gasteiger partial charge < -0.3 is 10.5 Å². The number of benzene rings is 1. The number of hydrogen-bond donors (Lipinski definition) is 1. The molecule has 1 aromatic carbocycles. The SMILES string of the molecule is CC(C)[C@H](C(=O)O[C@H](C)C(N)=O)N1C(=O)c2ccccc2C1=O. The summed E-state index contributed by atoms with van der Waals surface area (Å²) in [6.45, 7) is 4.70. The Morgan fingerprint density at radius 2 is 1.52 bits per heavy atom. The summed E-state index contributed by atoms with van der Waals surface area (Å²) in [4.78, 5) is 49.3. The van der Waals surface area contributed by atoms with Crippen molar-refractivity contribution in [1.29, 1.82) is 0 Å². The summed E-state index contributed by atoms with van der Waals surface area (Å²) >= 11 is 0. The molecule has 0 saturated carbocycles. The summed E-state index contributed by atoms with van der Waals surface area (Å²) in [5, 5.41) is 0. The minimum atomic E-state index is -1.14. The van der Waals surface area contributed by atoms with Crippen LogP contribution in [0.3, 0.4) is 0 Å². The largest absolute Gasteiger partial charge is 0.451 e. The first-order chi connectivity index (χ1) is 10.8. The van der Waals surface area contributed by atoms with Crippen LogP contribution in [0.25, 0.3) is 0 Å². The van der Waals surface area contributed by atoms with Crippen LogP contribution >= 0.6 is 0 Å². The number of carbonyl (C=O) groups excluding carboxylic acids is 4. The monoisotopic (exact) mass is 318 g/mol. The van der Waals surface area contributed by atoms with Crippen LogP contribution in [0.2, 0.25) is 0 Å². The molecule has 2 atom stereocenters. The van der Waals surface area contributed by atoms with Gasteiger partial charge in [0.25, 0.3) is 17.7 Å². The van der Waals surface area contributed by atoms with Gasteiger partial charge in [-0.1, -0.05) is 26.0 Å². The highest BCUT2D eigenvalue weighted by molar-refractivity contribution is 6.22. The van der Waals surface area contributed by atoms with Crippen LogP contribution in [0.15, 0.2) is 24.3 Å². The lowest BCUT2D eigenvalue weighted by Crippen LogP contribution is -2.50. The first kappa shape index (κ1) is 16.7. The van der Waals surface area contributed by atoms with Crippen LogP contribution in [-0.4, -0.2) is 40.7 Å². The Bertz CT molecular complexity index is 648. The highest BCUT2D eigenvalue weighted by Crippen LogP contribution is 2.27. The van der Waals surface area contributed by atoms with Crippen molar-refractivity contribution in [3.63, 3.8) is 0 Å². The van der Waals surface area contributed by atoms with Crippen molar-refractivity contribution in [3.8, 4) is 0 Å². The zero-order valence-corrected chi connectivity index (χ0v) is 13.1. The third-order valence-electron chi connectivity index (χ3n) is 3.67. The predicted molar refractivity (Wildman–Crippen MR) is 80.3 cm³/mol. The molecule has 0 unspecified atom stereocenters. The molecule has 2 rings (SSSR count). The van der Waals surface area contributed by atoms with Gasteiger partial charge in [-0.05, 0) is 25.0 Å². The van der Waals surface area contributed by atoms with Crippen molar-refractivity contribution in [3.05, 3.63) is 35.4 Å². The molecule has 23 heavy (non-hydrogen) atoms. The van der Waals surface area contributed by atoms with Gasteiger partial charge in [0.2, 0.25) is 0 Å². The average Bonchev–Trinajstić information content (AvgIpc) is 2.73. The van der Waals surface area contributed by atoms with E-state index in [1.807, 2.05) is 0 Å². The fourth-order valence-electron chi connectivity index (χ4n) is 2.44. The molecule has 0 bridgehead atoms. The van der Waals surface area contributed by atoms with Gasteiger partial charge in [0.15, 0.2) is 6.10 Å². The Morgan fingerprint density at radius 1 is 1.04 bits per heavy atom. The van der Waals surface area contributed by atoms with Crippen LogP contribution in [-0.2, 0) is 14.3 Å². The number of hydrogen-bond acceptors (Lipinski definition) is 5. The van der Waals surface area contributed by atoms with E-state index in [4.69, 9.17) is 10.5 Å². The van der Waals surface area contributed by atoms with Gasteiger partial charge >= 0.3 is 5.97 Å². The number of nitrogens with zero attached hydrogens (tertiary/aromatic N) is 1. The molecule has 3 amide bonds. The minimum Gasteiger partial charge on any atom is -0.451 e. The topological polar surface area (TPSA) is 107 Å². The molecule has 7 heteroatoms. The normalized spacial score (nSPS) is 16.3. The van der Waals surface area contributed by atoms with E-state index >= 15 is 0 Å². The summed E-state index contributed by atoms with van der Waals surface area (Å²) < 4.78 is 4.98. The second-order valence-electron chi connectivity index (χ2n) is 5.70. The van der Waals surface area contributed by atoms with Crippen LogP contribution in [0, 0.1) is 5.92 Å². The number of fused-ring (bicyclic) bond motifs is 1. The number of primary amides is 1. The summed E-state index contributed by atoms with van der Waals surface area (Å²) in [6.07, 6.45) is -1.14. The van der Waals surface area contributed by atoms with E-state index in [1.165, 1.54) is 19.1 Å². The van der Waals surface area contributed by atoms with E-state index in [2.05, 4.69) is 0 Å². The molecule has 1 aliphatic heterocycles. The molecule has 1 aromatic rings. The van der Waals surface area contributed by atoms with Crippen molar-refractivity contribution >= 4 is 23.7 Å². The highest BCUT2D eigenvalue weighted by Gasteiger charge is 2.45. The van der Waals surface area contributed by atoms with E-state index in [9.17, 15) is 19.2 Å². The summed E-state index contributed by atoms with van der Waals surface area (Å²) in [7, 11) is 0. The maximum absolute atomic E-state index is 12.5. The number of esters is 1. The van der Waals surface area contributed by atoms with Crippen LogP contribution < -0.4 is 5.73 Å². The van der Waals surface area contributed by atoms with Gasteiger partial charge in [0, 0.05) is 0 Å². The van der Waals surface area contributed by atoms with Gasteiger partial charge in [-0.15, -0.1) is 0 Å². The molecule has 0 radical (unpaired) electrons. The number of nitrogens with two attached hydrogens (primary N) is 1. The third kappa shape index (κ3) is 2.94. The first-order valence-corrected chi connectivity index (χ1v) is 7.22. The molecule has 1 heterocycles. The molecule has 0 saturated heterocycles. The Kier molecular flexibility index (Phi) is 4.49. The van der Waals surface area contributed by atoms with Crippen molar-refractivity contribution in [2.45, 2.75) is 32.9 Å². The molecule has 0 spiro atoms. The summed E-state index contributed by atoms with van der Waals surface area (Å²) in [6, 6.07) is 5.23. The number of rotatable bonds is 5.